The van der Waals surface area contributed by atoms with Crippen LogP contribution in [0.3, 0.4) is 0 Å². The Hall–Kier alpha value is -2.75. The van der Waals surface area contributed by atoms with Crippen molar-refractivity contribution in [3.8, 4) is 11.8 Å². The van der Waals surface area contributed by atoms with Gasteiger partial charge in [0.25, 0.3) is 0 Å². The Kier molecular flexibility index (Phi) is 5.95. The topological polar surface area (TPSA) is 68.2 Å². The average molecular weight is 449 g/mol. The standard InChI is InChI=1S/C25H25ClN4O2/c1-2-18-19(25(31)24-20(18)11-17(26)12-28-24)7-6-8-21-23(16-14-32-15-16)29-22(13-27-21)30-9-4-3-5-10-30/h11-13,16H,2-5,8-10,14-15H2,1H3. The number of carbonyl (C=O) groups is 1. The lowest BCUT2D eigenvalue weighted by molar-refractivity contribution is 0.00624. The molecule has 2 aliphatic heterocycles. The maximum Gasteiger partial charge on any atom is 0.220 e. The number of piperidine rings is 1. The van der Waals surface area contributed by atoms with Gasteiger partial charge in [0.1, 0.15) is 11.5 Å². The van der Waals surface area contributed by atoms with Crippen LogP contribution in [0.2, 0.25) is 5.02 Å². The SMILES string of the molecule is CCC1=C(C#CCc2ncc(N3CCCCC3)nc2C2COC2)C(=O)c2ncc(Cl)cc21. The summed E-state index contributed by atoms with van der Waals surface area (Å²) in [5, 5.41) is 0.521. The number of pyridine rings is 1. The van der Waals surface area contributed by atoms with Crippen molar-refractivity contribution >= 4 is 28.8 Å². The molecule has 0 atom stereocenters. The van der Waals surface area contributed by atoms with Gasteiger partial charge in [-0.05, 0) is 37.3 Å². The van der Waals surface area contributed by atoms with Gasteiger partial charge in [0.05, 0.1) is 53.7 Å². The van der Waals surface area contributed by atoms with E-state index in [1.165, 1.54) is 25.5 Å². The van der Waals surface area contributed by atoms with Crippen molar-refractivity contribution in [3.05, 3.63) is 51.7 Å². The van der Waals surface area contributed by atoms with Gasteiger partial charge in [-0.15, -0.1) is 0 Å². The number of aromatic nitrogens is 3. The van der Waals surface area contributed by atoms with Gasteiger partial charge in [0.15, 0.2) is 0 Å². The third kappa shape index (κ3) is 3.92. The van der Waals surface area contributed by atoms with E-state index < -0.39 is 0 Å². The molecule has 2 aromatic rings. The summed E-state index contributed by atoms with van der Waals surface area (Å²) in [7, 11) is 0. The molecule has 3 aliphatic rings. The van der Waals surface area contributed by atoms with Gasteiger partial charge in [-0.2, -0.15) is 0 Å². The average Bonchev–Trinajstić information content (AvgIpc) is 3.04. The van der Waals surface area contributed by atoms with Crippen LogP contribution < -0.4 is 4.90 Å². The molecule has 1 aliphatic carbocycles. The molecule has 6 nitrogen and oxygen atoms in total. The summed E-state index contributed by atoms with van der Waals surface area (Å²) in [4.78, 5) is 29.1. The van der Waals surface area contributed by atoms with Crippen LogP contribution in [-0.4, -0.2) is 47.0 Å². The van der Waals surface area contributed by atoms with E-state index in [-0.39, 0.29) is 11.7 Å². The lowest BCUT2D eigenvalue weighted by Gasteiger charge is -2.30. The summed E-state index contributed by atoms with van der Waals surface area (Å²) in [6, 6.07) is 1.80. The van der Waals surface area contributed by atoms with E-state index in [1.807, 2.05) is 13.1 Å². The molecular formula is C25H25ClN4O2. The zero-order chi connectivity index (χ0) is 22.1. The van der Waals surface area contributed by atoms with E-state index in [2.05, 4.69) is 21.7 Å². The van der Waals surface area contributed by atoms with E-state index >= 15 is 0 Å². The molecule has 32 heavy (non-hydrogen) atoms. The lowest BCUT2D eigenvalue weighted by atomic mass is 10.00. The molecule has 4 heterocycles. The smallest absolute Gasteiger partial charge is 0.220 e. The first-order chi connectivity index (χ1) is 15.7. The molecular weight excluding hydrogens is 424 g/mol. The minimum atomic E-state index is -0.125. The Balaban J connectivity index is 1.42. The Morgan fingerprint density at radius 3 is 2.72 bits per heavy atom. The van der Waals surface area contributed by atoms with Gasteiger partial charge in [-0.3, -0.25) is 14.8 Å². The van der Waals surface area contributed by atoms with Gasteiger partial charge in [0.2, 0.25) is 5.78 Å². The number of allylic oxidation sites excluding steroid dienone is 2. The van der Waals surface area contributed by atoms with E-state index in [4.69, 9.17) is 26.3 Å². The number of rotatable bonds is 4. The van der Waals surface area contributed by atoms with Crippen molar-refractivity contribution in [3.63, 3.8) is 0 Å². The highest BCUT2D eigenvalue weighted by atomic mass is 35.5. The van der Waals surface area contributed by atoms with Crippen molar-refractivity contribution < 1.29 is 9.53 Å². The van der Waals surface area contributed by atoms with Gasteiger partial charge in [-0.25, -0.2) is 4.98 Å². The molecule has 0 bridgehead atoms. The van der Waals surface area contributed by atoms with Crippen molar-refractivity contribution in [1.82, 2.24) is 15.0 Å². The zero-order valence-corrected chi connectivity index (χ0v) is 18.9. The zero-order valence-electron chi connectivity index (χ0n) is 18.2. The summed E-state index contributed by atoms with van der Waals surface area (Å²) in [6.07, 6.45) is 8.18. The quantitative estimate of drug-likeness (QED) is 0.652. The number of nitrogens with zero attached hydrogens (tertiary/aromatic N) is 4. The molecule has 0 spiro atoms. The second-order valence-electron chi connectivity index (χ2n) is 8.41. The van der Waals surface area contributed by atoms with Crippen LogP contribution >= 0.6 is 11.6 Å². The predicted molar refractivity (Wildman–Crippen MR) is 124 cm³/mol. The highest BCUT2D eigenvalue weighted by Crippen LogP contribution is 2.35. The molecule has 0 amide bonds. The van der Waals surface area contributed by atoms with Gasteiger partial charge in [0, 0.05) is 24.8 Å². The third-order valence-corrected chi connectivity index (χ3v) is 6.52. The van der Waals surface area contributed by atoms with Crippen LogP contribution in [0.15, 0.2) is 24.0 Å². The number of ether oxygens (including phenoxy) is 1. The molecule has 0 N–H and O–H groups in total. The summed E-state index contributed by atoms with van der Waals surface area (Å²) < 4.78 is 5.42. The molecule has 7 heteroatoms. The first-order valence-corrected chi connectivity index (χ1v) is 11.6. The van der Waals surface area contributed by atoms with Gasteiger partial charge < -0.3 is 9.64 Å². The second kappa shape index (κ2) is 9.01. The van der Waals surface area contributed by atoms with E-state index in [0.717, 1.165) is 41.4 Å². The molecule has 0 radical (unpaired) electrons. The highest BCUT2D eigenvalue weighted by molar-refractivity contribution is 6.31. The Labute approximate surface area is 193 Å². The number of fused-ring (bicyclic) bond motifs is 1. The van der Waals surface area contributed by atoms with Crippen molar-refractivity contribution in [1.29, 1.82) is 0 Å². The molecule has 2 fully saturated rings. The number of hydrogen-bond acceptors (Lipinski definition) is 6. The summed E-state index contributed by atoms with van der Waals surface area (Å²) in [5.74, 6) is 7.38. The van der Waals surface area contributed by atoms with E-state index in [9.17, 15) is 4.79 Å². The molecule has 164 valence electrons. The van der Waals surface area contributed by atoms with Crippen LogP contribution in [-0.2, 0) is 11.2 Å². The molecule has 2 aromatic heterocycles. The Bertz CT molecular complexity index is 1150. The predicted octanol–water partition coefficient (Wildman–Crippen LogP) is 4.24. The first-order valence-electron chi connectivity index (χ1n) is 11.3. The largest absolute Gasteiger partial charge is 0.380 e. The van der Waals surface area contributed by atoms with Gasteiger partial charge in [-0.1, -0.05) is 30.4 Å². The van der Waals surface area contributed by atoms with Crippen molar-refractivity contribution in [2.24, 2.45) is 0 Å². The molecule has 2 saturated heterocycles. The molecule has 0 aromatic carbocycles. The van der Waals surface area contributed by atoms with Crippen LogP contribution in [0.25, 0.3) is 5.57 Å². The Morgan fingerprint density at radius 2 is 2.00 bits per heavy atom. The van der Waals surface area contributed by atoms with Gasteiger partial charge >= 0.3 is 0 Å². The number of Topliss-reactive ketones (excluding diaryl/α,β-unsaturated/α-hetero) is 1. The minimum absolute atomic E-state index is 0.125. The summed E-state index contributed by atoms with van der Waals surface area (Å²) in [6.45, 7) is 5.42. The molecule has 0 saturated carbocycles. The maximum atomic E-state index is 12.9. The summed E-state index contributed by atoms with van der Waals surface area (Å²) in [5.41, 5.74) is 4.51. The lowest BCUT2D eigenvalue weighted by Crippen LogP contribution is -2.32. The minimum Gasteiger partial charge on any atom is -0.380 e. The number of carbonyl (C=O) groups excluding carboxylic acids is 1. The fraction of sp³-hybridized carbons (Fsp3) is 0.440. The highest BCUT2D eigenvalue weighted by Gasteiger charge is 2.30. The number of hydrogen-bond donors (Lipinski definition) is 0. The number of ketones is 1. The number of anilines is 1. The third-order valence-electron chi connectivity index (χ3n) is 6.32. The van der Waals surface area contributed by atoms with Crippen molar-refractivity contribution in [2.45, 2.75) is 44.9 Å². The number of halogens is 1. The second-order valence-corrected chi connectivity index (χ2v) is 8.84. The first kappa shape index (κ1) is 21.1. The van der Waals surface area contributed by atoms with Crippen molar-refractivity contribution in [2.75, 3.05) is 31.2 Å². The molecule has 0 unspecified atom stereocenters. The molecule has 5 rings (SSSR count). The Morgan fingerprint density at radius 1 is 1.19 bits per heavy atom. The van der Waals surface area contributed by atoms with Crippen LogP contribution in [0.5, 0.6) is 0 Å². The fourth-order valence-corrected chi connectivity index (χ4v) is 4.66. The van der Waals surface area contributed by atoms with Crippen LogP contribution in [0.4, 0.5) is 5.82 Å². The van der Waals surface area contributed by atoms with Crippen LogP contribution in [0, 0.1) is 11.8 Å². The van der Waals surface area contributed by atoms with E-state index in [1.54, 1.807) is 6.07 Å². The summed E-state index contributed by atoms with van der Waals surface area (Å²) >= 11 is 6.10. The van der Waals surface area contributed by atoms with E-state index in [0.29, 0.717) is 42.3 Å². The monoisotopic (exact) mass is 448 g/mol. The maximum absolute atomic E-state index is 12.9. The fourth-order valence-electron chi connectivity index (χ4n) is 4.51. The van der Waals surface area contributed by atoms with Crippen LogP contribution in [0.1, 0.15) is 66.0 Å². The normalized spacial score (nSPS) is 18.3.